The smallest absolute Gasteiger partial charge is 0.487 e. The molecule has 0 fully saturated rings. The van der Waals surface area contributed by atoms with Gasteiger partial charge in [0.15, 0.2) is 0 Å². The maximum atomic E-state index is 11.1. The molecule has 78 heavy (non-hydrogen) atoms. The third-order valence-electron chi connectivity index (χ3n) is 10.6. The summed E-state index contributed by atoms with van der Waals surface area (Å²) in [7, 11) is -1.68. The Balaban J connectivity index is 0.000000267. The minimum Gasteiger partial charge on any atom is -0.487 e. The van der Waals surface area contributed by atoms with Crippen LogP contribution in [0.5, 0.6) is 11.5 Å². The van der Waals surface area contributed by atoms with E-state index in [0.29, 0.717) is 64.9 Å². The van der Waals surface area contributed by atoms with Crippen LogP contribution >= 0.6 is 85.5 Å². The summed E-state index contributed by atoms with van der Waals surface area (Å²) < 4.78 is 16.0. The summed E-state index contributed by atoms with van der Waals surface area (Å²) in [5.74, 6) is -0.834. The van der Waals surface area contributed by atoms with Crippen LogP contribution in [0.4, 0.5) is 0 Å². The van der Waals surface area contributed by atoms with Gasteiger partial charge in [-0.3, -0.25) is 0 Å². The largest absolute Gasteiger partial charge is 0.489 e. The van der Waals surface area contributed by atoms with Crippen LogP contribution in [0.3, 0.4) is 0 Å². The number of rotatable bonds is 14. The summed E-state index contributed by atoms with van der Waals surface area (Å²) in [4.78, 5) is 21.6. The Hall–Kier alpha value is -5.64. The van der Waals surface area contributed by atoms with Gasteiger partial charge in [-0.2, -0.15) is 10.2 Å². The topological polar surface area (TPSA) is 230 Å². The molecule has 0 aliphatic carbocycles. The van der Waals surface area contributed by atoms with Crippen LogP contribution in [-0.4, -0.2) is 80.8 Å². The molecule has 7 N–H and O–H groups in total. The molecule has 0 bridgehead atoms. The van der Waals surface area contributed by atoms with Crippen molar-refractivity contribution in [3.8, 4) is 34.0 Å². The van der Waals surface area contributed by atoms with E-state index in [1.165, 1.54) is 30.3 Å². The van der Waals surface area contributed by atoms with Gasteiger partial charge in [-0.1, -0.05) is 129 Å². The lowest BCUT2D eigenvalue weighted by atomic mass is 9.80. The molecular weight excluding hydrogens is 1200 g/mol. The van der Waals surface area contributed by atoms with Crippen molar-refractivity contribution in [2.24, 2.45) is 0 Å². The Labute approximate surface area is 490 Å². The molecule has 15 nitrogen and oxygen atoms in total. The third kappa shape index (κ3) is 17.7. The Morgan fingerprint density at radius 2 is 0.949 bits per heavy atom. The molecule has 2 heterocycles. The van der Waals surface area contributed by atoms with E-state index in [1.807, 2.05) is 36.4 Å². The van der Waals surface area contributed by atoms with E-state index in [0.717, 1.165) is 21.5 Å². The Morgan fingerprint density at radius 3 is 1.29 bits per heavy atom. The highest BCUT2D eigenvalue weighted by molar-refractivity contribution is 9.10. The zero-order chi connectivity index (χ0) is 56.9. The van der Waals surface area contributed by atoms with Gasteiger partial charge in [0.05, 0.1) is 54.0 Å². The molecule has 0 amide bonds. The van der Waals surface area contributed by atoms with Gasteiger partial charge in [0, 0.05) is 32.2 Å². The van der Waals surface area contributed by atoms with E-state index < -0.39 is 30.3 Å². The van der Waals surface area contributed by atoms with Crippen LogP contribution in [-0.2, 0) is 24.4 Å². The second-order valence-corrected chi connectivity index (χ2v) is 20.8. The zero-order valence-electron chi connectivity index (χ0n) is 41.6. The van der Waals surface area contributed by atoms with Gasteiger partial charge in [-0.25, -0.2) is 19.0 Å². The number of aromatic nitrogens is 4. The average molecular weight is 1250 g/mol. The zero-order valence-corrected chi connectivity index (χ0v) is 47.7. The van der Waals surface area contributed by atoms with Crippen LogP contribution in [0, 0.1) is 0 Å². The lowest BCUT2D eigenvalue weighted by Gasteiger charge is -2.14. The number of aliphatic hydroxyl groups is 3. The number of aliphatic hydroxyl groups excluding tert-OH is 1. The predicted molar refractivity (Wildman–Crippen MR) is 312 cm³/mol. The molecule has 2 aromatic heterocycles. The average Bonchev–Trinajstić information content (AvgIpc) is 3.99. The number of nitrogens with zero attached hydrogens (tertiary/aromatic N) is 4. The van der Waals surface area contributed by atoms with Crippen molar-refractivity contribution in [3.05, 3.63) is 202 Å². The number of ether oxygens (including phenoxy) is 2. The lowest BCUT2D eigenvalue weighted by molar-refractivity contribution is 0.0686. The van der Waals surface area contributed by atoms with Gasteiger partial charge < -0.3 is 45.1 Å². The standard InChI is InChI=1S/C26H21Cl3N2O4.C19H17BrCl2N2O2.C7H6BClO4.C2H6O.CH4/c1-26(2,34)23-13-17(31(30-23)24-20(27)4-3-5-21(24)28)14-35-18-9-6-15(7-10-18)19-11-8-16(25(32)33)12-22(19)29;1-19(2,25)17-10-13(11-26-14-8-6-12(20)7-9-14)24(23-17)18-15(21)4-3-5-16(18)22;9-6-3-4(7(10)11)1-2-5(6)8(12)13;1-2-3;/h3-13,34H,14H2,1-2H3,(H,32,33);3-10,25H,11H2,1-2H3;1-3,12-13H,(H,10,11);3H,2H2,1H3;1H4. The second kappa shape index (κ2) is 29.0. The van der Waals surface area contributed by atoms with E-state index >= 15 is 0 Å². The normalized spacial score (nSPS) is 10.9. The van der Waals surface area contributed by atoms with Crippen molar-refractivity contribution in [2.45, 2.75) is 66.5 Å². The van der Waals surface area contributed by atoms with Gasteiger partial charge in [0.2, 0.25) is 0 Å². The van der Waals surface area contributed by atoms with Gasteiger partial charge in [-0.15, -0.1) is 0 Å². The quantitative estimate of drug-likeness (QED) is 0.0503. The van der Waals surface area contributed by atoms with Crippen molar-refractivity contribution in [2.75, 3.05) is 6.61 Å². The van der Waals surface area contributed by atoms with Crippen molar-refractivity contribution in [3.63, 3.8) is 0 Å². The molecule has 0 aliphatic heterocycles. The van der Waals surface area contributed by atoms with Crippen LogP contribution in [0.2, 0.25) is 30.1 Å². The number of hydrogen-bond donors (Lipinski definition) is 7. The number of aromatic carboxylic acids is 2. The third-order valence-corrected chi connectivity index (χ3v) is 13.0. The molecule has 0 radical (unpaired) electrons. The molecule has 0 saturated carbocycles. The van der Waals surface area contributed by atoms with E-state index in [9.17, 15) is 19.8 Å². The Bertz CT molecular complexity index is 3270. The SMILES string of the molecule is C.CC(C)(O)c1cc(COc2ccc(-c3ccc(C(=O)O)cc3Cl)cc2)n(-c2c(Cl)cccc2Cl)n1.CC(C)(O)c1cc(COc2ccc(Br)cc2)n(-c2c(Cl)cccc2Cl)n1.CCO.O=C(O)c1ccc(B(O)O)c(Cl)c1. The molecule has 0 spiro atoms. The first kappa shape index (κ1) is 64.9. The molecule has 0 atom stereocenters. The van der Waals surface area contributed by atoms with Crippen molar-refractivity contribution < 1.29 is 54.6 Å². The molecule has 8 aromatic rings. The van der Waals surface area contributed by atoms with E-state index in [4.69, 9.17) is 104 Å². The summed E-state index contributed by atoms with van der Waals surface area (Å²) in [5, 5.41) is 74.8. The van der Waals surface area contributed by atoms with Crippen molar-refractivity contribution in [1.29, 1.82) is 0 Å². The number of carbonyl (C=O) groups is 2. The molecule has 0 saturated heterocycles. The fraction of sp³-hybridized carbons (Fsp3) is 0.200. The fourth-order valence-corrected chi connectivity index (χ4v) is 8.69. The number of hydrogen-bond acceptors (Lipinski definition) is 11. The van der Waals surface area contributed by atoms with E-state index in [2.05, 4.69) is 26.1 Å². The van der Waals surface area contributed by atoms with Gasteiger partial charge in [0.25, 0.3) is 0 Å². The highest BCUT2D eigenvalue weighted by Crippen LogP contribution is 2.35. The molecule has 0 unspecified atom stereocenters. The highest BCUT2D eigenvalue weighted by Gasteiger charge is 2.26. The number of benzene rings is 6. The first-order chi connectivity index (χ1) is 36.2. The number of carboxylic acids is 2. The van der Waals surface area contributed by atoms with Gasteiger partial charge >= 0.3 is 19.1 Å². The summed E-state index contributed by atoms with van der Waals surface area (Å²) in [5.41, 5.74) is 2.84. The first-order valence-electron chi connectivity index (χ1n) is 22.9. The Morgan fingerprint density at radius 1 is 0.577 bits per heavy atom. The van der Waals surface area contributed by atoms with Crippen LogP contribution < -0.4 is 14.9 Å². The molecule has 0 aliphatic rings. The monoisotopic (exact) mass is 1250 g/mol. The lowest BCUT2D eigenvalue weighted by Crippen LogP contribution is -2.30. The molecule has 6 aromatic carbocycles. The molecule has 8 rings (SSSR count). The Kier molecular flexibility index (Phi) is 24.1. The summed E-state index contributed by atoms with van der Waals surface area (Å²) in [6.45, 7) is 8.95. The summed E-state index contributed by atoms with van der Waals surface area (Å²) in [6.07, 6.45) is 0. The summed E-state index contributed by atoms with van der Waals surface area (Å²) >= 11 is 40.7. The van der Waals surface area contributed by atoms with Crippen molar-refractivity contribution in [1.82, 2.24) is 19.6 Å². The van der Waals surface area contributed by atoms with Gasteiger partial charge in [0.1, 0.15) is 47.3 Å². The van der Waals surface area contributed by atoms with Crippen molar-refractivity contribution >= 4 is 110 Å². The molecule has 412 valence electrons. The summed E-state index contributed by atoms with van der Waals surface area (Å²) in [6, 6.07) is 37.0. The number of para-hydroxylation sites is 2. The fourth-order valence-electron chi connectivity index (χ4n) is 6.74. The van der Waals surface area contributed by atoms with E-state index in [-0.39, 0.29) is 48.9 Å². The van der Waals surface area contributed by atoms with Crippen LogP contribution in [0.25, 0.3) is 22.5 Å². The maximum absolute atomic E-state index is 11.1. The second-order valence-electron chi connectivity index (χ2n) is 17.4. The molecular formula is C55H54BBrCl6N4O11. The molecule has 23 heteroatoms. The van der Waals surface area contributed by atoms with Crippen LogP contribution in [0.15, 0.2) is 138 Å². The number of carboxylic acid groups (broad SMARTS) is 2. The highest BCUT2D eigenvalue weighted by atomic mass is 79.9. The maximum Gasteiger partial charge on any atom is 0.489 e. The minimum absolute atomic E-state index is 0. The minimum atomic E-state index is -1.68. The van der Waals surface area contributed by atoms with Crippen LogP contribution in [0.1, 0.15) is 85.5 Å². The first-order valence-corrected chi connectivity index (χ1v) is 26.0. The number of halogens is 7. The van der Waals surface area contributed by atoms with E-state index in [1.54, 1.807) is 111 Å². The van der Waals surface area contributed by atoms with Gasteiger partial charge in [-0.05, 0) is 137 Å². The predicted octanol–water partition coefficient (Wildman–Crippen LogP) is 13.1.